The molecule has 0 bridgehead atoms. The predicted molar refractivity (Wildman–Crippen MR) is 116 cm³/mol. The Bertz CT molecular complexity index is 1160. The SMILES string of the molecule is CCCN(Cc1nnc(-c2ccco2)o1)C(=O)C1CCCN1S(=O)(=O)c1ccc(Cl)cc1. The number of carbonyl (C=O) groups is 1. The van der Waals surface area contributed by atoms with E-state index in [2.05, 4.69) is 10.2 Å². The Balaban J connectivity index is 1.54. The van der Waals surface area contributed by atoms with E-state index in [0.717, 1.165) is 0 Å². The number of amides is 1. The lowest BCUT2D eigenvalue weighted by molar-refractivity contribution is -0.135. The maximum absolute atomic E-state index is 13.4. The minimum absolute atomic E-state index is 0.0890. The molecule has 1 saturated heterocycles. The molecule has 1 aliphatic heterocycles. The summed E-state index contributed by atoms with van der Waals surface area (Å²) in [6.45, 7) is 2.75. The smallest absolute Gasteiger partial charge is 0.283 e. The Hall–Kier alpha value is -2.69. The van der Waals surface area contributed by atoms with Crippen molar-refractivity contribution >= 4 is 27.5 Å². The van der Waals surface area contributed by atoms with Crippen LogP contribution in [-0.4, -0.2) is 52.9 Å². The fraction of sp³-hybridized carbons (Fsp3) is 0.381. The van der Waals surface area contributed by atoms with Crippen LogP contribution in [0, 0.1) is 0 Å². The molecule has 1 fully saturated rings. The first-order valence-corrected chi connectivity index (χ1v) is 12.1. The summed E-state index contributed by atoms with van der Waals surface area (Å²) in [6, 6.07) is 8.58. The van der Waals surface area contributed by atoms with Crippen LogP contribution in [0.15, 0.2) is 56.4 Å². The van der Waals surface area contributed by atoms with E-state index < -0.39 is 16.1 Å². The third-order valence-electron chi connectivity index (χ3n) is 5.24. The van der Waals surface area contributed by atoms with Gasteiger partial charge in [-0.3, -0.25) is 4.79 Å². The molecule has 0 N–H and O–H groups in total. The predicted octanol–water partition coefficient (Wildman–Crippen LogP) is 3.57. The number of halogens is 1. The topological polar surface area (TPSA) is 110 Å². The molecule has 32 heavy (non-hydrogen) atoms. The molecule has 0 radical (unpaired) electrons. The summed E-state index contributed by atoms with van der Waals surface area (Å²) in [5.74, 6) is 0.637. The molecule has 0 aliphatic carbocycles. The van der Waals surface area contributed by atoms with Crippen LogP contribution in [0.3, 0.4) is 0 Å². The lowest BCUT2D eigenvalue weighted by atomic mass is 10.2. The molecule has 4 rings (SSSR count). The molecule has 9 nitrogen and oxygen atoms in total. The van der Waals surface area contributed by atoms with Gasteiger partial charge < -0.3 is 13.7 Å². The number of nitrogens with zero attached hydrogens (tertiary/aromatic N) is 4. The van der Waals surface area contributed by atoms with Gasteiger partial charge in [-0.05, 0) is 55.7 Å². The van der Waals surface area contributed by atoms with Gasteiger partial charge in [0.2, 0.25) is 21.8 Å². The molecular weight excluding hydrogens is 456 g/mol. The van der Waals surface area contributed by atoms with E-state index in [9.17, 15) is 13.2 Å². The normalized spacial score (nSPS) is 17.0. The van der Waals surface area contributed by atoms with Crippen LogP contribution in [0.1, 0.15) is 32.1 Å². The molecule has 11 heteroatoms. The maximum atomic E-state index is 13.4. The van der Waals surface area contributed by atoms with E-state index in [-0.39, 0.29) is 35.7 Å². The van der Waals surface area contributed by atoms with Gasteiger partial charge in [-0.1, -0.05) is 18.5 Å². The lowest BCUT2D eigenvalue weighted by Gasteiger charge is -2.29. The van der Waals surface area contributed by atoms with Crippen LogP contribution in [0.2, 0.25) is 5.02 Å². The first kappa shape index (κ1) is 22.5. The highest BCUT2D eigenvalue weighted by Gasteiger charge is 2.41. The van der Waals surface area contributed by atoms with Crippen molar-refractivity contribution in [1.29, 1.82) is 0 Å². The van der Waals surface area contributed by atoms with Crippen molar-refractivity contribution in [2.45, 2.75) is 43.7 Å². The van der Waals surface area contributed by atoms with Crippen LogP contribution in [0.25, 0.3) is 11.7 Å². The van der Waals surface area contributed by atoms with Gasteiger partial charge in [0.25, 0.3) is 5.89 Å². The number of aromatic nitrogens is 2. The van der Waals surface area contributed by atoms with Gasteiger partial charge in [0, 0.05) is 18.1 Å². The summed E-state index contributed by atoms with van der Waals surface area (Å²) in [6.07, 6.45) is 3.25. The number of furan rings is 1. The molecule has 2 aromatic heterocycles. The minimum Gasteiger partial charge on any atom is -0.459 e. The van der Waals surface area contributed by atoms with E-state index in [1.807, 2.05) is 6.92 Å². The second-order valence-corrected chi connectivity index (χ2v) is 9.79. The second-order valence-electron chi connectivity index (χ2n) is 7.47. The van der Waals surface area contributed by atoms with E-state index in [4.69, 9.17) is 20.4 Å². The fourth-order valence-electron chi connectivity index (χ4n) is 3.75. The summed E-state index contributed by atoms with van der Waals surface area (Å²) in [7, 11) is -3.83. The van der Waals surface area contributed by atoms with Gasteiger partial charge in [-0.15, -0.1) is 10.2 Å². The Morgan fingerprint density at radius 3 is 2.72 bits per heavy atom. The first-order chi connectivity index (χ1) is 15.4. The average Bonchev–Trinajstić information content (AvgIpc) is 3.54. The zero-order chi connectivity index (χ0) is 22.7. The van der Waals surface area contributed by atoms with Crippen LogP contribution < -0.4 is 0 Å². The Kier molecular flexibility index (Phi) is 6.63. The van der Waals surface area contributed by atoms with Gasteiger partial charge in [0.15, 0.2) is 5.76 Å². The monoisotopic (exact) mass is 478 g/mol. The molecule has 170 valence electrons. The average molecular weight is 479 g/mol. The van der Waals surface area contributed by atoms with E-state index in [1.165, 1.54) is 34.8 Å². The molecule has 1 atom stereocenters. The van der Waals surface area contributed by atoms with E-state index in [0.29, 0.717) is 36.6 Å². The van der Waals surface area contributed by atoms with Crippen molar-refractivity contribution in [2.24, 2.45) is 0 Å². The number of rotatable bonds is 8. The van der Waals surface area contributed by atoms with Crippen molar-refractivity contribution in [3.05, 3.63) is 53.6 Å². The van der Waals surface area contributed by atoms with Crippen LogP contribution in [0.4, 0.5) is 0 Å². The van der Waals surface area contributed by atoms with Crippen LogP contribution in [0.5, 0.6) is 0 Å². The second kappa shape index (κ2) is 9.43. The number of sulfonamides is 1. The number of hydrogen-bond acceptors (Lipinski definition) is 7. The zero-order valence-electron chi connectivity index (χ0n) is 17.5. The number of benzene rings is 1. The summed E-state index contributed by atoms with van der Waals surface area (Å²) < 4.78 is 38.6. The molecule has 3 aromatic rings. The van der Waals surface area contributed by atoms with Crippen molar-refractivity contribution in [1.82, 2.24) is 19.4 Å². The molecular formula is C21H23ClN4O5S. The van der Waals surface area contributed by atoms with Crippen molar-refractivity contribution in [3.8, 4) is 11.7 Å². The van der Waals surface area contributed by atoms with Crippen molar-refractivity contribution < 1.29 is 22.0 Å². The van der Waals surface area contributed by atoms with Crippen LogP contribution >= 0.6 is 11.6 Å². The summed E-state index contributed by atoms with van der Waals surface area (Å²) in [4.78, 5) is 15.1. The van der Waals surface area contributed by atoms with Gasteiger partial charge in [0.05, 0.1) is 17.7 Å². The largest absolute Gasteiger partial charge is 0.459 e. The van der Waals surface area contributed by atoms with E-state index >= 15 is 0 Å². The summed E-state index contributed by atoms with van der Waals surface area (Å²) >= 11 is 5.89. The zero-order valence-corrected chi connectivity index (χ0v) is 19.1. The standard InChI is InChI=1S/C21H23ClN4O5S/c1-2-11-25(14-19-23-24-20(31-19)18-6-4-13-30-18)21(27)17-5-3-12-26(17)32(28,29)16-9-7-15(22)8-10-16/h4,6-10,13,17H,2-3,5,11-12,14H2,1H3. The molecule has 0 spiro atoms. The van der Waals surface area contributed by atoms with E-state index in [1.54, 1.807) is 17.0 Å². The van der Waals surface area contributed by atoms with Gasteiger partial charge in [-0.25, -0.2) is 8.42 Å². The molecule has 1 aliphatic rings. The summed E-state index contributed by atoms with van der Waals surface area (Å²) in [5, 5.41) is 8.42. The first-order valence-electron chi connectivity index (χ1n) is 10.3. The van der Waals surface area contributed by atoms with Crippen molar-refractivity contribution in [3.63, 3.8) is 0 Å². The molecule has 1 aromatic carbocycles. The van der Waals surface area contributed by atoms with Crippen LogP contribution in [-0.2, 0) is 21.4 Å². The Labute approximate surface area is 191 Å². The summed E-state index contributed by atoms with van der Waals surface area (Å²) in [5.41, 5.74) is 0. The number of carbonyl (C=O) groups excluding carboxylic acids is 1. The third-order valence-corrected chi connectivity index (χ3v) is 7.41. The molecule has 1 unspecified atom stereocenters. The molecule has 1 amide bonds. The maximum Gasteiger partial charge on any atom is 0.283 e. The highest BCUT2D eigenvalue weighted by atomic mass is 35.5. The number of hydrogen-bond donors (Lipinski definition) is 0. The highest BCUT2D eigenvalue weighted by Crippen LogP contribution is 2.28. The third kappa shape index (κ3) is 4.57. The lowest BCUT2D eigenvalue weighted by Crippen LogP contribution is -2.47. The van der Waals surface area contributed by atoms with Gasteiger partial charge >= 0.3 is 0 Å². The van der Waals surface area contributed by atoms with Crippen molar-refractivity contribution in [2.75, 3.05) is 13.1 Å². The Morgan fingerprint density at radius 1 is 1.25 bits per heavy atom. The molecule has 3 heterocycles. The highest BCUT2D eigenvalue weighted by molar-refractivity contribution is 7.89. The van der Waals surface area contributed by atoms with Gasteiger partial charge in [-0.2, -0.15) is 4.31 Å². The fourth-order valence-corrected chi connectivity index (χ4v) is 5.52. The quantitative estimate of drug-likeness (QED) is 0.486. The minimum atomic E-state index is -3.83. The Morgan fingerprint density at radius 2 is 2.03 bits per heavy atom. The molecule has 0 saturated carbocycles. The van der Waals surface area contributed by atoms with Gasteiger partial charge in [0.1, 0.15) is 6.04 Å².